The largest absolute Gasteiger partial charge is 0.462 e. The second kappa shape index (κ2) is 10.4. The summed E-state index contributed by atoms with van der Waals surface area (Å²) in [5.74, 6) is 1.16. The first-order valence-corrected chi connectivity index (χ1v) is 13.2. The number of hydrogen-bond acceptors (Lipinski definition) is 10. The summed E-state index contributed by atoms with van der Waals surface area (Å²) in [5.41, 5.74) is 4.07. The van der Waals surface area contributed by atoms with Crippen molar-refractivity contribution in [2.45, 2.75) is 25.8 Å². The molecule has 6 rings (SSSR count). The zero-order valence-electron chi connectivity index (χ0n) is 22.2. The van der Waals surface area contributed by atoms with Crippen LogP contribution in [0, 0.1) is 6.92 Å². The maximum Gasteiger partial charge on any atom is 0.319 e. The monoisotopic (exact) mass is 528 g/mol. The van der Waals surface area contributed by atoms with Crippen LogP contribution in [-0.2, 0) is 4.79 Å². The van der Waals surface area contributed by atoms with Crippen molar-refractivity contribution in [2.24, 2.45) is 0 Å². The van der Waals surface area contributed by atoms with Crippen LogP contribution in [0.4, 0.5) is 17.3 Å². The smallest absolute Gasteiger partial charge is 0.319 e. The number of amides is 1. The van der Waals surface area contributed by atoms with Crippen molar-refractivity contribution in [2.75, 3.05) is 56.6 Å². The molecule has 0 unspecified atom stereocenters. The van der Waals surface area contributed by atoms with E-state index >= 15 is 0 Å². The number of H-pyrrole nitrogens is 1. The lowest BCUT2D eigenvalue weighted by molar-refractivity contribution is -0.126. The average molecular weight is 529 g/mol. The summed E-state index contributed by atoms with van der Waals surface area (Å²) in [5, 5.41) is 11.7. The molecule has 4 aromatic rings. The number of likely N-dealkylation sites (N-methyl/N-ethyl adjacent to an activating group) is 1. The van der Waals surface area contributed by atoms with Gasteiger partial charge < -0.3 is 24.8 Å². The van der Waals surface area contributed by atoms with E-state index in [1.165, 1.54) is 12.4 Å². The Kier molecular flexibility index (Phi) is 6.69. The van der Waals surface area contributed by atoms with Gasteiger partial charge in [0.05, 0.1) is 17.4 Å². The highest BCUT2D eigenvalue weighted by molar-refractivity contribution is 5.99. The number of nitrogens with zero attached hydrogens (tertiary/aromatic N) is 8. The molecule has 0 saturated carbocycles. The number of likely N-dealkylation sites (tertiary alicyclic amines) is 1. The number of carbonyl (C=O) groups excluding carboxylic acids is 1. The van der Waals surface area contributed by atoms with Crippen molar-refractivity contribution in [3.8, 4) is 6.01 Å². The number of aromatic nitrogens is 6. The van der Waals surface area contributed by atoms with Crippen molar-refractivity contribution in [1.82, 2.24) is 39.9 Å². The molecular formula is C27H32N10O2. The number of fused-ring (bicyclic) bond motifs is 2. The molecule has 2 aliphatic rings. The van der Waals surface area contributed by atoms with Gasteiger partial charge in [0.1, 0.15) is 24.0 Å². The second-order valence-corrected chi connectivity index (χ2v) is 10.1. The third-order valence-corrected chi connectivity index (χ3v) is 7.66. The van der Waals surface area contributed by atoms with E-state index in [-0.39, 0.29) is 5.91 Å². The van der Waals surface area contributed by atoms with Crippen molar-refractivity contribution in [3.63, 3.8) is 0 Å². The van der Waals surface area contributed by atoms with Crippen molar-refractivity contribution >= 4 is 45.2 Å². The van der Waals surface area contributed by atoms with Gasteiger partial charge in [0.15, 0.2) is 11.6 Å². The Bertz CT molecular complexity index is 1530. The van der Waals surface area contributed by atoms with Crippen LogP contribution in [0.25, 0.3) is 21.9 Å². The lowest BCUT2D eigenvalue weighted by Crippen LogP contribution is -2.48. The highest BCUT2D eigenvalue weighted by Crippen LogP contribution is 2.33. The normalized spacial score (nSPS) is 18.2. The van der Waals surface area contributed by atoms with E-state index in [9.17, 15) is 4.79 Å². The number of aryl methyl sites for hydroxylation is 1. The number of ether oxygens (including phenoxy) is 1. The molecule has 1 amide bonds. The molecule has 2 saturated heterocycles. The first-order chi connectivity index (χ1) is 19.0. The average Bonchev–Trinajstić information content (AvgIpc) is 3.61. The first kappa shape index (κ1) is 25.0. The highest BCUT2D eigenvalue weighted by atomic mass is 16.5. The molecule has 1 atom stereocenters. The minimum absolute atomic E-state index is 0.0653. The van der Waals surface area contributed by atoms with E-state index in [1.807, 2.05) is 19.1 Å². The molecule has 2 aliphatic heterocycles. The van der Waals surface area contributed by atoms with Gasteiger partial charge in [-0.2, -0.15) is 15.1 Å². The molecule has 0 aliphatic carbocycles. The molecule has 1 aromatic carbocycles. The zero-order chi connectivity index (χ0) is 26.9. The number of carbonyl (C=O) groups is 1. The number of anilines is 3. The van der Waals surface area contributed by atoms with E-state index in [1.54, 1.807) is 11.1 Å². The van der Waals surface area contributed by atoms with E-state index in [2.05, 4.69) is 48.9 Å². The van der Waals surface area contributed by atoms with Crippen LogP contribution in [0.15, 0.2) is 37.3 Å². The zero-order valence-corrected chi connectivity index (χ0v) is 22.2. The predicted molar refractivity (Wildman–Crippen MR) is 149 cm³/mol. The first-order valence-electron chi connectivity index (χ1n) is 13.2. The fourth-order valence-electron chi connectivity index (χ4n) is 5.33. The molecule has 0 radical (unpaired) electrons. The molecule has 2 N–H and O–H groups in total. The summed E-state index contributed by atoms with van der Waals surface area (Å²) in [6, 6.07) is 4.65. The number of benzene rings is 1. The summed E-state index contributed by atoms with van der Waals surface area (Å²) in [7, 11) is 2.12. The Balaban J connectivity index is 1.38. The molecule has 0 spiro atoms. The molecular weight excluding hydrogens is 496 g/mol. The van der Waals surface area contributed by atoms with Crippen LogP contribution < -0.4 is 15.0 Å². The fourth-order valence-corrected chi connectivity index (χ4v) is 5.33. The number of hydrogen-bond donors (Lipinski definition) is 2. The Hall–Kier alpha value is -4.32. The van der Waals surface area contributed by atoms with Crippen molar-refractivity contribution in [3.05, 3.63) is 42.9 Å². The Morgan fingerprint density at radius 3 is 2.79 bits per heavy atom. The van der Waals surface area contributed by atoms with E-state index in [0.29, 0.717) is 67.5 Å². The minimum Gasteiger partial charge on any atom is -0.462 e. The van der Waals surface area contributed by atoms with Crippen molar-refractivity contribution in [1.29, 1.82) is 0 Å². The fraction of sp³-hybridized carbons (Fsp3) is 0.407. The standard InChI is InChI=1S/C27H32N10O2/c1-4-21(38)36-10-12-37(13-11-36)26-24-23(32-27(33-26)39-15-18-6-5-9-35(18)3)25(29-16-28-24)31-22-17(2)7-8-20-19(22)14-30-34-20/h4,7-8,14,16,18H,1,5-6,9-13,15H2,2-3H3,(H,30,34)(H,28,29,31)/t18-/m0/s1. The highest BCUT2D eigenvalue weighted by Gasteiger charge is 2.26. The second-order valence-electron chi connectivity index (χ2n) is 10.1. The Labute approximate surface area is 226 Å². The SMILES string of the molecule is C=CC(=O)N1CCN(c2nc(OC[C@@H]3CCCN3C)nc3c(Nc4c(C)ccc5[nH]ncc45)ncnc23)CC1. The van der Waals surface area contributed by atoms with Gasteiger partial charge in [-0.3, -0.25) is 9.89 Å². The van der Waals surface area contributed by atoms with E-state index in [4.69, 9.17) is 14.7 Å². The van der Waals surface area contributed by atoms with Gasteiger partial charge in [0, 0.05) is 37.6 Å². The lowest BCUT2D eigenvalue weighted by atomic mass is 10.1. The third-order valence-electron chi connectivity index (χ3n) is 7.66. The molecule has 12 nitrogen and oxygen atoms in total. The summed E-state index contributed by atoms with van der Waals surface area (Å²) in [4.78, 5) is 37.2. The topological polar surface area (TPSA) is 128 Å². The molecule has 0 bridgehead atoms. The van der Waals surface area contributed by atoms with E-state index in [0.717, 1.165) is 41.5 Å². The number of aromatic amines is 1. The van der Waals surface area contributed by atoms with Gasteiger partial charge in [-0.05, 0) is 51.1 Å². The van der Waals surface area contributed by atoms with Crippen LogP contribution in [0.1, 0.15) is 18.4 Å². The number of nitrogens with one attached hydrogen (secondary N) is 2. The van der Waals surface area contributed by atoms with Gasteiger partial charge in [-0.1, -0.05) is 12.6 Å². The van der Waals surface area contributed by atoms with Crippen LogP contribution in [0.3, 0.4) is 0 Å². The Morgan fingerprint density at radius 1 is 1.18 bits per heavy atom. The minimum atomic E-state index is -0.0653. The van der Waals surface area contributed by atoms with Crippen molar-refractivity contribution < 1.29 is 9.53 Å². The Morgan fingerprint density at radius 2 is 2.03 bits per heavy atom. The van der Waals surface area contributed by atoms with Gasteiger partial charge in [-0.15, -0.1) is 0 Å². The summed E-state index contributed by atoms with van der Waals surface area (Å²) >= 11 is 0. The van der Waals surface area contributed by atoms with E-state index < -0.39 is 0 Å². The maximum atomic E-state index is 12.1. The molecule has 12 heteroatoms. The van der Waals surface area contributed by atoms with Crippen LogP contribution in [-0.4, -0.2) is 98.3 Å². The van der Waals surface area contributed by atoms with Crippen LogP contribution in [0.5, 0.6) is 6.01 Å². The third kappa shape index (κ3) is 4.83. The van der Waals surface area contributed by atoms with Gasteiger partial charge in [0.2, 0.25) is 5.91 Å². The number of piperazine rings is 1. The van der Waals surface area contributed by atoms with Gasteiger partial charge in [0.25, 0.3) is 0 Å². The summed E-state index contributed by atoms with van der Waals surface area (Å²) in [6.07, 6.45) is 6.91. The number of rotatable bonds is 7. The molecule has 202 valence electrons. The van der Waals surface area contributed by atoms with Gasteiger partial charge in [-0.25, -0.2) is 9.97 Å². The molecule has 3 aromatic heterocycles. The van der Waals surface area contributed by atoms with Gasteiger partial charge >= 0.3 is 6.01 Å². The molecule has 5 heterocycles. The van der Waals surface area contributed by atoms with Crippen LogP contribution >= 0.6 is 0 Å². The molecule has 39 heavy (non-hydrogen) atoms. The lowest BCUT2D eigenvalue weighted by Gasteiger charge is -2.35. The maximum absolute atomic E-state index is 12.1. The summed E-state index contributed by atoms with van der Waals surface area (Å²) < 4.78 is 6.20. The summed E-state index contributed by atoms with van der Waals surface area (Å²) in [6.45, 7) is 9.57. The van der Waals surface area contributed by atoms with Crippen LogP contribution in [0.2, 0.25) is 0 Å². The molecule has 2 fully saturated rings. The predicted octanol–water partition coefficient (Wildman–Crippen LogP) is 2.66. The quantitative estimate of drug-likeness (QED) is 0.346.